The van der Waals surface area contributed by atoms with Crippen LogP contribution in [0.25, 0.3) is 0 Å². The predicted octanol–water partition coefficient (Wildman–Crippen LogP) is 3.67. The molecule has 108 valence electrons. The molecule has 1 fully saturated rings. The second-order valence-corrected chi connectivity index (χ2v) is 6.68. The van der Waals surface area contributed by atoms with Crippen LogP contribution in [-0.2, 0) is 0 Å². The van der Waals surface area contributed by atoms with Crippen LogP contribution in [-0.4, -0.2) is 35.6 Å². The Bertz CT molecular complexity index is 249. The van der Waals surface area contributed by atoms with E-state index in [-0.39, 0.29) is 0 Å². The molecule has 1 saturated heterocycles. The lowest BCUT2D eigenvalue weighted by Crippen LogP contribution is -2.68. The highest BCUT2D eigenvalue weighted by Gasteiger charge is 2.41. The van der Waals surface area contributed by atoms with Crippen LogP contribution in [0.4, 0.5) is 0 Å². The maximum absolute atomic E-state index is 3.78. The molecule has 2 unspecified atom stereocenters. The molecule has 0 aromatic heterocycles. The van der Waals surface area contributed by atoms with E-state index in [2.05, 4.69) is 51.8 Å². The molecule has 0 saturated carbocycles. The second-order valence-electron chi connectivity index (χ2n) is 6.68. The van der Waals surface area contributed by atoms with E-state index in [0.717, 1.165) is 12.5 Å². The number of hydrogen-bond donors (Lipinski definition) is 1. The van der Waals surface area contributed by atoms with E-state index in [0.29, 0.717) is 11.1 Å². The first-order valence-corrected chi connectivity index (χ1v) is 7.93. The molecule has 1 aliphatic heterocycles. The Morgan fingerprint density at radius 1 is 1.06 bits per heavy atom. The van der Waals surface area contributed by atoms with Crippen molar-refractivity contribution in [3.8, 4) is 0 Å². The number of hydrogen-bond acceptors (Lipinski definition) is 2. The molecule has 0 aromatic rings. The third-order valence-corrected chi connectivity index (χ3v) is 5.37. The standard InChI is InChI=1S/C16H34N2/c1-7-14(8-2)11-18-13-15(5,9-3)17-12-16(18,6)10-4/h14,17H,7-13H2,1-6H3. The van der Waals surface area contributed by atoms with Gasteiger partial charge in [0.15, 0.2) is 0 Å². The van der Waals surface area contributed by atoms with Gasteiger partial charge in [-0.25, -0.2) is 0 Å². The van der Waals surface area contributed by atoms with Gasteiger partial charge in [-0.15, -0.1) is 0 Å². The summed E-state index contributed by atoms with van der Waals surface area (Å²) in [6, 6.07) is 0. The van der Waals surface area contributed by atoms with Gasteiger partial charge in [-0.2, -0.15) is 0 Å². The smallest absolute Gasteiger partial charge is 0.0304 e. The first-order chi connectivity index (χ1) is 8.43. The first kappa shape index (κ1) is 16.0. The molecule has 2 heteroatoms. The van der Waals surface area contributed by atoms with Crippen molar-refractivity contribution < 1.29 is 0 Å². The van der Waals surface area contributed by atoms with Crippen LogP contribution in [0.5, 0.6) is 0 Å². The summed E-state index contributed by atoms with van der Waals surface area (Å²) < 4.78 is 0. The zero-order chi connectivity index (χ0) is 13.8. The molecular weight excluding hydrogens is 220 g/mol. The monoisotopic (exact) mass is 254 g/mol. The molecule has 2 nitrogen and oxygen atoms in total. The molecular formula is C16H34N2. The highest BCUT2D eigenvalue weighted by molar-refractivity contribution is 5.00. The van der Waals surface area contributed by atoms with E-state index in [4.69, 9.17) is 0 Å². The average Bonchev–Trinajstić information content (AvgIpc) is 2.40. The summed E-state index contributed by atoms with van der Waals surface area (Å²) >= 11 is 0. The van der Waals surface area contributed by atoms with E-state index < -0.39 is 0 Å². The maximum atomic E-state index is 3.78. The molecule has 0 aromatic carbocycles. The fraction of sp³-hybridized carbons (Fsp3) is 1.00. The van der Waals surface area contributed by atoms with E-state index in [9.17, 15) is 0 Å². The van der Waals surface area contributed by atoms with Crippen LogP contribution in [0.15, 0.2) is 0 Å². The Hall–Kier alpha value is -0.0800. The minimum absolute atomic E-state index is 0.306. The van der Waals surface area contributed by atoms with E-state index in [1.165, 1.54) is 38.8 Å². The van der Waals surface area contributed by atoms with Crippen molar-refractivity contribution in [1.82, 2.24) is 10.2 Å². The van der Waals surface area contributed by atoms with Crippen molar-refractivity contribution in [1.29, 1.82) is 0 Å². The normalized spacial score (nSPS) is 34.2. The Kier molecular flexibility index (Phi) is 5.67. The van der Waals surface area contributed by atoms with Gasteiger partial charge in [0.25, 0.3) is 0 Å². The van der Waals surface area contributed by atoms with Gasteiger partial charge in [0.1, 0.15) is 0 Å². The minimum Gasteiger partial charge on any atom is -0.308 e. The summed E-state index contributed by atoms with van der Waals surface area (Å²) in [6.45, 7) is 17.7. The van der Waals surface area contributed by atoms with Crippen molar-refractivity contribution >= 4 is 0 Å². The number of nitrogens with one attached hydrogen (secondary N) is 1. The van der Waals surface area contributed by atoms with Crippen molar-refractivity contribution in [2.24, 2.45) is 5.92 Å². The van der Waals surface area contributed by atoms with Gasteiger partial charge in [-0.05, 0) is 32.6 Å². The highest BCUT2D eigenvalue weighted by Crippen LogP contribution is 2.30. The van der Waals surface area contributed by atoms with Gasteiger partial charge in [0.05, 0.1) is 0 Å². The molecule has 18 heavy (non-hydrogen) atoms. The highest BCUT2D eigenvalue weighted by atomic mass is 15.3. The Balaban J connectivity index is 2.78. The molecule has 0 radical (unpaired) electrons. The summed E-state index contributed by atoms with van der Waals surface area (Å²) in [5, 5.41) is 3.78. The van der Waals surface area contributed by atoms with Crippen molar-refractivity contribution in [3.63, 3.8) is 0 Å². The molecule has 1 rings (SSSR count). The van der Waals surface area contributed by atoms with Crippen molar-refractivity contribution in [2.75, 3.05) is 19.6 Å². The number of piperazine rings is 1. The van der Waals surface area contributed by atoms with Crippen LogP contribution >= 0.6 is 0 Å². The zero-order valence-electron chi connectivity index (χ0n) is 13.5. The molecule has 0 amide bonds. The Morgan fingerprint density at radius 2 is 1.67 bits per heavy atom. The Labute approximate surface area is 115 Å². The third kappa shape index (κ3) is 3.48. The van der Waals surface area contributed by atoms with Crippen LogP contribution in [0, 0.1) is 5.92 Å². The van der Waals surface area contributed by atoms with Gasteiger partial charge in [-0.3, -0.25) is 4.90 Å². The largest absolute Gasteiger partial charge is 0.308 e. The molecule has 0 spiro atoms. The van der Waals surface area contributed by atoms with E-state index >= 15 is 0 Å². The molecule has 0 bridgehead atoms. The van der Waals surface area contributed by atoms with Crippen LogP contribution < -0.4 is 5.32 Å². The average molecular weight is 254 g/mol. The first-order valence-electron chi connectivity index (χ1n) is 7.93. The lowest BCUT2D eigenvalue weighted by molar-refractivity contribution is 0.00463. The zero-order valence-corrected chi connectivity index (χ0v) is 13.5. The third-order valence-electron chi connectivity index (χ3n) is 5.37. The van der Waals surface area contributed by atoms with Gasteiger partial charge in [0.2, 0.25) is 0 Å². The molecule has 1 aliphatic rings. The van der Waals surface area contributed by atoms with Gasteiger partial charge in [0, 0.05) is 30.7 Å². The predicted molar refractivity (Wildman–Crippen MR) is 81.0 cm³/mol. The van der Waals surface area contributed by atoms with Gasteiger partial charge < -0.3 is 5.32 Å². The fourth-order valence-electron chi connectivity index (χ4n) is 2.91. The van der Waals surface area contributed by atoms with Gasteiger partial charge in [-0.1, -0.05) is 40.5 Å². The fourth-order valence-corrected chi connectivity index (χ4v) is 2.91. The number of nitrogens with zero attached hydrogens (tertiary/aromatic N) is 1. The topological polar surface area (TPSA) is 15.3 Å². The van der Waals surface area contributed by atoms with Crippen LogP contribution in [0.2, 0.25) is 0 Å². The summed E-state index contributed by atoms with van der Waals surface area (Å²) in [5.74, 6) is 0.857. The summed E-state index contributed by atoms with van der Waals surface area (Å²) in [5.41, 5.74) is 0.651. The van der Waals surface area contributed by atoms with Crippen molar-refractivity contribution in [2.45, 2.75) is 78.3 Å². The summed E-state index contributed by atoms with van der Waals surface area (Å²) in [6.07, 6.45) is 5.07. The van der Waals surface area contributed by atoms with Crippen LogP contribution in [0.1, 0.15) is 67.2 Å². The summed E-state index contributed by atoms with van der Waals surface area (Å²) in [4.78, 5) is 2.77. The molecule has 0 aliphatic carbocycles. The quantitative estimate of drug-likeness (QED) is 0.778. The van der Waals surface area contributed by atoms with Crippen molar-refractivity contribution in [3.05, 3.63) is 0 Å². The molecule has 2 atom stereocenters. The molecule has 1 N–H and O–H groups in total. The van der Waals surface area contributed by atoms with Gasteiger partial charge >= 0.3 is 0 Å². The van der Waals surface area contributed by atoms with E-state index in [1.54, 1.807) is 0 Å². The van der Waals surface area contributed by atoms with E-state index in [1.807, 2.05) is 0 Å². The maximum Gasteiger partial charge on any atom is 0.0304 e. The van der Waals surface area contributed by atoms with Crippen LogP contribution in [0.3, 0.4) is 0 Å². The molecule has 1 heterocycles. The second kappa shape index (κ2) is 6.38. The lowest BCUT2D eigenvalue weighted by atomic mass is 9.84. The minimum atomic E-state index is 0.306. The number of rotatable bonds is 6. The lowest BCUT2D eigenvalue weighted by Gasteiger charge is -2.53. The SMILES string of the molecule is CCC(CC)CN1CC(C)(CC)NCC1(C)CC. The summed E-state index contributed by atoms with van der Waals surface area (Å²) in [7, 11) is 0. The Morgan fingerprint density at radius 3 is 2.11 bits per heavy atom.